The number of rotatable bonds is 1. The van der Waals surface area contributed by atoms with Gasteiger partial charge in [-0.3, -0.25) is 0 Å². The maximum absolute atomic E-state index is 13.7. The Morgan fingerprint density at radius 1 is 1.12 bits per heavy atom. The molecule has 1 heterocycles. The number of aromatic nitrogens is 2. The van der Waals surface area contributed by atoms with Crippen molar-refractivity contribution in [3.8, 4) is 11.1 Å². The average molecular weight is 247 g/mol. The summed E-state index contributed by atoms with van der Waals surface area (Å²) < 4.78 is 13.7. The van der Waals surface area contributed by atoms with Crippen LogP contribution in [0.4, 0.5) is 4.39 Å². The highest BCUT2D eigenvalue weighted by Gasteiger charge is 2.07. The number of aromatic amines is 1. The van der Waals surface area contributed by atoms with Gasteiger partial charge >= 0.3 is 0 Å². The van der Waals surface area contributed by atoms with Crippen LogP contribution in [0.15, 0.2) is 42.7 Å². The Hall–Kier alpha value is -1.87. The van der Waals surface area contributed by atoms with Gasteiger partial charge in [-0.25, -0.2) is 9.37 Å². The second-order valence-corrected chi connectivity index (χ2v) is 4.20. The summed E-state index contributed by atoms with van der Waals surface area (Å²) in [7, 11) is 0. The highest BCUT2D eigenvalue weighted by Crippen LogP contribution is 2.27. The van der Waals surface area contributed by atoms with Crippen LogP contribution in [0.2, 0.25) is 5.02 Å². The topological polar surface area (TPSA) is 28.7 Å². The number of imidazole rings is 1. The lowest BCUT2D eigenvalue weighted by Crippen LogP contribution is -1.84. The van der Waals surface area contributed by atoms with Gasteiger partial charge in [0.1, 0.15) is 5.82 Å². The minimum Gasteiger partial charge on any atom is -0.345 e. The maximum atomic E-state index is 13.7. The third kappa shape index (κ3) is 1.78. The van der Waals surface area contributed by atoms with E-state index in [4.69, 9.17) is 11.6 Å². The van der Waals surface area contributed by atoms with E-state index in [0.29, 0.717) is 10.6 Å². The summed E-state index contributed by atoms with van der Waals surface area (Å²) in [5.41, 5.74) is 2.99. The van der Waals surface area contributed by atoms with Crippen molar-refractivity contribution >= 4 is 22.6 Å². The van der Waals surface area contributed by atoms with Gasteiger partial charge in [0.15, 0.2) is 0 Å². The Morgan fingerprint density at radius 2 is 2.00 bits per heavy atom. The summed E-state index contributed by atoms with van der Waals surface area (Å²) >= 11 is 5.88. The highest BCUT2D eigenvalue weighted by atomic mass is 35.5. The lowest BCUT2D eigenvalue weighted by atomic mass is 10.0. The minimum atomic E-state index is -0.288. The van der Waals surface area contributed by atoms with Crippen molar-refractivity contribution in [3.63, 3.8) is 0 Å². The van der Waals surface area contributed by atoms with E-state index in [2.05, 4.69) is 9.97 Å². The Morgan fingerprint density at radius 3 is 2.88 bits per heavy atom. The molecule has 4 heteroatoms. The minimum absolute atomic E-state index is 0.288. The molecule has 17 heavy (non-hydrogen) atoms. The second kappa shape index (κ2) is 3.86. The number of fused-ring (bicyclic) bond motifs is 1. The molecular weight excluding hydrogens is 239 g/mol. The van der Waals surface area contributed by atoms with Crippen LogP contribution >= 0.6 is 11.6 Å². The molecule has 1 aromatic heterocycles. The Bertz CT molecular complexity index is 691. The van der Waals surface area contributed by atoms with Gasteiger partial charge in [0.25, 0.3) is 0 Å². The molecule has 0 radical (unpaired) electrons. The highest BCUT2D eigenvalue weighted by molar-refractivity contribution is 6.30. The van der Waals surface area contributed by atoms with Crippen LogP contribution in [0, 0.1) is 5.82 Å². The predicted octanol–water partition coefficient (Wildman–Crippen LogP) is 4.02. The molecule has 0 bridgehead atoms. The van der Waals surface area contributed by atoms with E-state index in [1.165, 1.54) is 12.1 Å². The van der Waals surface area contributed by atoms with Crippen molar-refractivity contribution in [2.24, 2.45) is 0 Å². The van der Waals surface area contributed by atoms with Crippen molar-refractivity contribution in [1.82, 2.24) is 9.97 Å². The third-order valence-electron chi connectivity index (χ3n) is 2.66. The van der Waals surface area contributed by atoms with Crippen molar-refractivity contribution in [2.45, 2.75) is 0 Å². The summed E-state index contributed by atoms with van der Waals surface area (Å²) in [5.74, 6) is -0.288. The van der Waals surface area contributed by atoms with Gasteiger partial charge < -0.3 is 4.98 Å². The normalized spacial score (nSPS) is 10.9. The zero-order valence-electron chi connectivity index (χ0n) is 8.74. The maximum Gasteiger partial charge on any atom is 0.131 e. The fourth-order valence-corrected chi connectivity index (χ4v) is 1.99. The van der Waals surface area contributed by atoms with Gasteiger partial charge in [-0.15, -0.1) is 0 Å². The molecule has 2 aromatic carbocycles. The van der Waals surface area contributed by atoms with Gasteiger partial charge in [-0.2, -0.15) is 0 Å². The molecule has 3 rings (SSSR count). The Labute approximate surface area is 102 Å². The average Bonchev–Trinajstić information content (AvgIpc) is 2.79. The van der Waals surface area contributed by atoms with Gasteiger partial charge in [-0.1, -0.05) is 17.7 Å². The predicted molar refractivity (Wildman–Crippen MR) is 66.5 cm³/mol. The Balaban J connectivity index is 2.22. The number of nitrogens with one attached hydrogen (secondary N) is 1. The zero-order chi connectivity index (χ0) is 11.8. The first-order valence-electron chi connectivity index (χ1n) is 5.12. The molecule has 0 fully saturated rings. The summed E-state index contributed by atoms with van der Waals surface area (Å²) in [5, 5.41) is 0.517. The summed E-state index contributed by atoms with van der Waals surface area (Å²) in [6.45, 7) is 0. The summed E-state index contributed by atoms with van der Waals surface area (Å²) in [6, 6.07) is 10.1. The van der Waals surface area contributed by atoms with Crippen LogP contribution in [0.25, 0.3) is 22.2 Å². The van der Waals surface area contributed by atoms with Gasteiger partial charge in [0, 0.05) is 10.6 Å². The molecule has 3 aromatic rings. The lowest BCUT2D eigenvalue weighted by Gasteiger charge is -2.04. The van der Waals surface area contributed by atoms with Crippen molar-refractivity contribution in [2.75, 3.05) is 0 Å². The van der Waals surface area contributed by atoms with E-state index >= 15 is 0 Å². The number of nitrogens with zero attached hydrogens (tertiary/aromatic N) is 1. The monoisotopic (exact) mass is 246 g/mol. The van der Waals surface area contributed by atoms with E-state index in [9.17, 15) is 4.39 Å². The summed E-state index contributed by atoms with van der Waals surface area (Å²) in [6.07, 6.45) is 1.61. The second-order valence-electron chi connectivity index (χ2n) is 3.76. The van der Waals surface area contributed by atoms with Gasteiger partial charge in [0.2, 0.25) is 0 Å². The van der Waals surface area contributed by atoms with Crippen LogP contribution in [0.1, 0.15) is 0 Å². The fraction of sp³-hybridized carbons (Fsp3) is 0. The molecule has 0 saturated carbocycles. The molecule has 0 aliphatic rings. The van der Waals surface area contributed by atoms with Crippen LogP contribution in [0.3, 0.4) is 0 Å². The molecule has 0 saturated heterocycles. The van der Waals surface area contributed by atoms with Crippen LogP contribution in [-0.2, 0) is 0 Å². The first kappa shape index (κ1) is 10.3. The molecule has 0 atom stereocenters. The molecule has 84 valence electrons. The number of halogens is 2. The molecule has 1 N–H and O–H groups in total. The van der Waals surface area contributed by atoms with Crippen LogP contribution in [0.5, 0.6) is 0 Å². The van der Waals surface area contributed by atoms with Crippen molar-refractivity contribution in [1.29, 1.82) is 0 Å². The third-order valence-corrected chi connectivity index (χ3v) is 2.90. The van der Waals surface area contributed by atoms with E-state index in [1.807, 2.05) is 18.2 Å². The molecule has 0 amide bonds. The number of benzene rings is 2. The fourth-order valence-electron chi connectivity index (χ4n) is 1.82. The molecule has 2 nitrogen and oxygen atoms in total. The van der Waals surface area contributed by atoms with E-state index in [0.717, 1.165) is 16.6 Å². The first-order valence-corrected chi connectivity index (χ1v) is 5.50. The van der Waals surface area contributed by atoms with Crippen molar-refractivity contribution < 1.29 is 4.39 Å². The van der Waals surface area contributed by atoms with Crippen LogP contribution < -0.4 is 0 Å². The molecule has 0 aliphatic carbocycles. The molecule has 0 unspecified atom stereocenters. The van der Waals surface area contributed by atoms with Gasteiger partial charge in [-0.05, 0) is 35.9 Å². The molecule has 0 aliphatic heterocycles. The van der Waals surface area contributed by atoms with Gasteiger partial charge in [0.05, 0.1) is 17.4 Å². The van der Waals surface area contributed by atoms with E-state index in [-0.39, 0.29) is 5.82 Å². The SMILES string of the molecule is Fc1ccc(Cl)cc1-c1ccc2[nH]cnc2c1. The van der Waals surface area contributed by atoms with E-state index in [1.54, 1.807) is 12.4 Å². The quantitative estimate of drug-likeness (QED) is 0.690. The molecular formula is C13H8ClFN2. The van der Waals surface area contributed by atoms with E-state index < -0.39 is 0 Å². The Kier molecular flexibility index (Phi) is 2.34. The smallest absolute Gasteiger partial charge is 0.131 e. The zero-order valence-corrected chi connectivity index (χ0v) is 9.50. The number of hydrogen-bond acceptors (Lipinski definition) is 1. The first-order chi connectivity index (χ1) is 8.24. The summed E-state index contributed by atoms with van der Waals surface area (Å²) in [4.78, 5) is 7.14. The van der Waals surface area contributed by atoms with Crippen LogP contribution in [-0.4, -0.2) is 9.97 Å². The largest absolute Gasteiger partial charge is 0.345 e. The number of hydrogen-bond donors (Lipinski definition) is 1. The standard InChI is InChI=1S/C13H8ClFN2/c14-9-2-3-11(15)10(6-9)8-1-4-12-13(5-8)17-7-16-12/h1-7H,(H,16,17). The number of H-pyrrole nitrogens is 1. The molecule has 0 spiro atoms. The van der Waals surface area contributed by atoms with Crippen molar-refractivity contribution in [3.05, 3.63) is 53.6 Å². The lowest BCUT2D eigenvalue weighted by molar-refractivity contribution is 0.631.